The van der Waals surface area contributed by atoms with E-state index < -0.39 is 11.5 Å². The highest BCUT2D eigenvalue weighted by Crippen LogP contribution is 2.50. The summed E-state index contributed by atoms with van der Waals surface area (Å²) in [5.41, 5.74) is 1.11. The van der Waals surface area contributed by atoms with Crippen molar-refractivity contribution in [2.24, 2.45) is 11.8 Å². The van der Waals surface area contributed by atoms with Crippen molar-refractivity contribution in [1.29, 1.82) is 5.26 Å². The molecule has 1 saturated heterocycles. The van der Waals surface area contributed by atoms with Crippen molar-refractivity contribution in [3.8, 4) is 6.07 Å². The van der Waals surface area contributed by atoms with Crippen molar-refractivity contribution in [1.82, 2.24) is 10.2 Å². The van der Waals surface area contributed by atoms with E-state index in [1.54, 1.807) is 6.07 Å². The van der Waals surface area contributed by atoms with Crippen molar-refractivity contribution in [3.63, 3.8) is 0 Å². The molecule has 0 unspecified atom stereocenters. The lowest BCUT2D eigenvalue weighted by Gasteiger charge is -2.46. The Bertz CT molecular complexity index is 1020. The van der Waals surface area contributed by atoms with Gasteiger partial charge in [-0.1, -0.05) is 48.9 Å². The number of halogens is 2. The van der Waals surface area contributed by atoms with Crippen LogP contribution >= 0.6 is 11.6 Å². The second-order valence-electron chi connectivity index (χ2n) is 9.64. The minimum atomic E-state index is -0.887. The van der Waals surface area contributed by atoms with Crippen LogP contribution in [0.4, 0.5) is 9.18 Å². The number of hydrogen-bond acceptors (Lipinski definition) is 4. The van der Waals surface area contributed by atoms with Crippen molar-refractivity contribution in [2.75, 3.05) is 25.6 Å². The highest BCUT2D eigenvalue weighted by Gasteiger charge is 2.52. The van der Waals surface area contributed by atoms with E-state index in [2.05, 4.69) is 40.6 Å². The van der Waals surface area contributed by atoms with Gasteiger partial charge in [-0.15, -0.1) is 11.6 Å². The third kappa shape index (κ3) is 5.79. The number of nitriles is 1. The molecule has 1 saturated carbocycles. The lowest BCUT2D eigenvalue weighted by Crippen LogP contribution is -2.52. The monoisotopic (exact) mass is 497 g/mol. The molecule has 0 spiro atoms. The van der Waals surface area contributed by atoms with Crippen LogP contribution in [-0.2, 0) is 16.7 Å². The van der Waals surface area contributed by atoms with E-state index in [4.69, 9.17) is 16.3 Å². The van der Waals surface area contributed by atoms with Crippen LogP contribution in [0.15, 0.2) is 54.6 Å². The first-order valence-electron chi connectivity index (χ1n) is 12.5. The highest BCUT2D eigenvalue weighted by atomic mass is 35.5. The zero-order valence-corrected chi connectivity index (χ0v) is 20.7. The molecule has 35 heavy (non-hydrogen) atoms. The van der Waals surface area contributed by atoms with Gasteiger partial charge in [-0.2, -0.15) is 5.26 Å². The van der Waals surface area contributed by atoms with Gasteiger partial charge in [0.1, 0.15) is 12.4 Å². The molecule has 2 fully saturated rings. The van der Waals surface area contributed by atoms with Gasteiger partial charge in [-0.25, -0.2) is 9.18 Å². The third-order valence-electron chi connectivity index (χ3n) is 7.68. The van der Waals surface area contributed by atoms with Crippen LogP contribution in [0.3, 0.4) is 0 Å². The summed E-state index contributed by atoms with van der Waals surface area (Å²) in [7, 11) is 0. The fraction of sp³-hybridized carbons (Fsp3) is 0.500. The summed E-state index contributed by atoms with van der Waals surface area (Å²) in [6.07, 6.45) is 3.65. The first-order chi connectivity index (χ1) is 17.1. The molecule has 2 aliphatic rings. The molecule has 0 bridgehead atoms. The molecule has 0 radical (unpaired) electrons. The number of carbonyl (C=O) groups excluding carboxylic acids is 1. The van der Waals surface area contributed by atoms with Crippen LogP contribution in [0.2, 0.25) is 0 Å². The molecule has 2 aromatic carbocycles. The number of alkyl halides is 1. The summed E-state index contributed by atoms with van der Waals surface area (Å²) in [6.45, 7) is 2.77. The SMILES string of the molecule is N#C[C@@](c1cccc(F)c1)(C1CCN(Cc2ccccc2)CC1)[C@H]1CCC[C@@H]1NC(=O)OCCCl. The summed E-state index contributed by atoms with van der Waals surface area (Å²) in [5.74, 6) is -0.169. The van der Waals surface area contributed by atoms with Crippen LogP contribution in [-0.4, -0.2) is 42.6 Å². The first kappa shape index (κ1) is 25.5. The predicted molar refractivity (Wildman–Crippen MR) is 134 cm³/mol. The average Bonchev–Trinajstić information content (AvgIpc) is 3.33. The van der Waals surface area contributed by atoms with Crippen molar-refractivity contribution in [3.05, 3.63) is 71.5 Å². The van der Waals surface area contributed by atoms with Gasteiger partial charge in [0.05, 0.1) is 17.4 Å². The standard InChI is InChI=1S/C28H33ClFN3O2/c29-14-17-35-27(34)32-26-11-5-10-25(26)28(20-31,23-8-4-9-24(30)18-23)22-12-15-33(16-13-22)19-21-6-2-1-3-7-21/h1-4,6-9,18,22,25-26H,5,10-17,19H2,(H,32,34)/t25-,26-,28-/m0/s1. The smallest absolute Gasteiger partial charge is 0.407 e. The predicted octanol–water partition coefficient (Wildman–Crippen LogP) is 5.63. The second-order valence-corrected chi connectivity index (χ2v) is 10.0. The van der Waals surface area contributed by atoms with E-state index in [1.807, 2.05) is 12.1 Å². The quantitative estimate of drug-likeness (QED) is 0.480. The maximum absolute atomic E-state index is 14.4. The Morgan fingerprint density at radius 1 is 1.14 bits per heavy atom. The summed E-state index contributed by atoms with van der Waals surface area (Å²) < 4.78 is 19.6. The number of rotatable bonds is 8. The summed E-state index contributed by atoms with van der Waals surface area (Å²) in [4.78, 5) is 14.8. The number of hydrogen-bond donors (Lipinski definition) is 1. The van der Waals surface area contributed by atoms with Gasteiger partial charge in [0.15, 0.2) is 0 Å². The molecular formula is C28H33ClFN3O2. The minimum absolute atomic E-state index is 0.0626. The lowest BCUT2D eigenvalue weighted by molar-refractivity contribution is 0.101. The number of likely N-dealkylation sites (tertiary alicyclic amines) is 1. The molecule has 7 heteroatoms. The van der Waals surface area contributed by atoms with Gasteiger partial charge in [0.25, 0.3) is 0 Å². The molecule has 2 aromatic rings. The van der Waals surface area contributed by atoms with Crippen molar-refractivity contribution < 1.29 is 13.9 Å². The van der Waals surface area contributed by atoms with E-state index in [-0.39, 0.29) is 36.2 Å². The van der Waals surface area contributed by atoms with Crippen LogP contribution in [0.25, 0.3) is 0 Å². The largest absolute Gasteiger partial charge is 0.448 e. The Hall–Kier alpha value is -2.62. The first-order valence-corrected chi connectivity index (χ1v) is 13.0. The molecule has 5 nitrogen and oxygen atoms in total. The number of carbonyl (C=O) groups is 1. The Morgan fingerprint density at radius 2 is 1.91 bits per heavy atom. The van der Waals surface area contributed by atoms with E-state index in [0.717, 1.165) is 51.7 Å². The molecule has 4 rings (SSSR count). The topological polar surface area (TPSA) is 65.4 Å². The summed E-state index contributed by atoms with van der Waals surface area (Å²) in [6, 6.07) is 19.4. The molecule has 1 aliphatic carbocycles. The normalized spacial score (nSPS) is 22.8. The van der Waals surface area contributed by atoms with Gasteiger partial charge in [0.2, 0.25) is 0 Å². The zero-order chi connectivity index (χ0) is 24.7. The molecule has 3 atom stereocenters. The lowest BCUT2D eigenvalue weighted by atomic mass is 9.59. The highest BCUT2D eigenvalue weighted by molar-refractivity contribution is 6.18. The van der Waals surface area contributed by atoms with Crippen LogP contribution in [0.5, 0.6) is 0 Å². The Balaban J connectivity index is 1.58. The van der Waals surface area contributed by atoms with Crippen LogP contribution in [0, 0.1) is 29.0 Å². The Morgan fingerprint density at radius 3 is 2.60 bits per heavy atom. The van der Waals surface area contributed by atoms with Crippen molar-refractivity contribution >= 4 is 17.7 Å². The van der Waals surface area contributed by atoms with E-state index in [1.165, 1.54) is 17.7 Å². The summed E-state index contributed by atoms with van der Waals surface area (Å²) in [5, 5.41) is 13.8. The number of alkyl carbamates (subject to hydrolysis) is 1. The molecule has 1 amide bonds. The van der Waals surface area contributed by atoms with Gasteiger partial charge in [-0.05, 0) is 68.0 Å². The molecule has 1 heterocycles. The van der Waals surface area contributed by atoms with Gasteiger partial charge in [-0.3, -0.25) is 4.90 Å². The van der Waals surface area contributed by atoms with E-state index in [0.29, 0.717) is 5.56 Å². The number of ether oxygens (including phenoxy) is 1. The summed E-state index contributed by atoms with van der Waals surface area (Å²) >= 11 is 5.66. The number of nitrogens with one attached hydrogen (secondary N) is 1. The Kier molecular flexibility index (Phi) is 8.64. The molecule has 1 N–H and O–H groups in total. The van der Waals surface area contributed by atoms with Crippen LogP contribution < -0.4 is 5.32 Å². The Labute approximate surface area is 212 Å². The van der Waals surface area contributed by atoms with E-state index in [9.17, 15) is 14.4 Å². The zero-order valence-electron chi connectivity index (χ0n) is 20.0. The van der Waals surface area contributed by atoms with Gasteiger partial charge >= 0.3 is 6.09 Å². The fourth-order valence-electron chi connectivity index (χ4n) is 6.13. The maximum atomic E-state index is 14.4. The molecule has 0 aromatic heterocycles. The maximum Gasteiger partial charge on any atom is 0.407 e. The molecular weight excluding hydrogens is 465 g/mol. The van der Waals surface area contributed by atoms with Crippen molar-refractivity contribution in [2.45, 2.75) is 50.1 Å². The number of piperidine rings is 1. The number of amides is 1. The minimum Gasteiger partial charge on any atom is -0.448 e. The molecule has 186 valence electrons. The average molecular weight is 498 g/mol. The third-order valence-corrected chi connectivity index (χ3v) is 7.84. The second kappa shape index (κ2) is 11.9. The number of nitrogens with zero attached hydrogens (tertiary/aromatic N) is 2. The fourth-order valence-corrected chi connectivity index (χ4v) is 6.20. The molecule has 1 aliphatic heterocycles. The number of benzene rings is 2. The van der Waals surface area contributed by atoms with Crippen LogP contribution in [0.1, 0.15) is 43.2 Å². The van der Waals surface area contributed by atoms with Gasteiger partial charge < -0.3 is 10.1 Å². The van der Waals surface area contributed by atoms with E-state index >= 15 is 0 Å². The van der Waals surface area contributed by atoms with Gasteiger partial charge in [0, 0.05) is 18.5 Å².